The minimum Gasteiger partial charge on any atom is -0.334 e. The molecule has 1 unspecified atom stereocenters. The highest BCUT2D eigenvalue weighted by Gasteiger charge is 2.43. The zero-order valence-corrected chi connectivity index (χ0v) is 17.1. The highest BCUT2D eigenvalue weighted by Crippen LogP contribution is 2.31. The van der Waals surface area contributed by atoms with E-state index in [0.29, 0.717) is 23.6 Å². The highest BCUT2D eigenvalue weighted by atomic mass is 16.2. The number of hydrogen-bond donors (Lipinski definition) is 0. The zero-order valence-electron chi connectivity index (χ0n) is 17.1. The molecule has 1 saturated carbocycles. The number of carbonyl (C=O) groups is 3. The van der Waals surface area contributed by atoms with Gasteiger partial charge in [-0.2, -0.15) is 0 Å². The van der Waals surface area contributed by atoms with Gasteiger partial charge in [0.05, 0.1) is 11.1 Å². The zero-order chi connectivity index (χ0) is 20.7. The second kappa shape index (κ2) is 7.47. The summed E-state index contributed by atoms with van der Waals surface area (Å²) >= 11 is 0. The third-order valence-corrected chi connectivity index (χ3v) is 5.84. The summed E-state index contributed by atoms with van der Waals surface area (Å²) in [5.41, 5.74) is 3.07. The van der Waals surface area contributed by atoms with Crippen LogP contribution in [0.3, 0.4) is 0 Å². The summed E-state index contributed by atoms with van der Waals surface area (Å²) in [5, 5.41) is 0. The smallest absolute Gasteiger partial charge is 0.262 e. The van der Waals surface area contributed by atoms with E-state index in [1.165, 1.54) is 5.56 Å². The second-order valence-corrected chi connectivity index (χ2v) is 8.30. The van der Waals surface area contributed by atoms with Crippen molar-refractivity contribution in [1.29, 1.82) is 0 Å². The molecule has 1 aliphatic heterocycles. The van der Waals surface area contributed by atoms with Gasteiger partial charge in [-0.05, 0) is 48.9 Å². The minimum absolute atomic E-state index is 0.171. The Kier molecular flexibility index (Phi) is 4.99. The molecule has 2 aromatic rings. The Morgan fingerprint density at radius 2 is 1.52 bits per heavy atom. The minimum atomic E-state index is -0.821. The Morgan fingerprint density at radius 1 is 0.966 bits per heavy atom. The van der Waals surface area contributed by atoms with Crippen molar-refractivity contribution in [3.05, 3.63) is 70.8 Å². The molecule has 0 spiro atoms. The topological polar surface area (TPSA) is 57.7 Å². The van der Waals surface area contributed by atoms with E-state index in [9.17, 15) is 14.4 Å². The fourth-order valence-electron chi connectivity index (χ4n) is 3.89. The molecule has 1 aliphatic carbocycles. The molecule has 0 aromatic heterocycles. The Morgan fingerprint density at radius 3 is 2.00 bits per heavy atom. The van der Waals surface area contributed by atoms with E-state index < -0.39 is 6.04 Å². The van der Waals surface area contributed by atoms with Gasteiger partial charge in [-0.3, -0.25) is 19.3 Å². The Bertz CT molecular complexity index is 925. The summed E-state index contributed by atoms with van der Waals surface area (Å²) in [6, 6.07) is 14.4. The molecule has 5 nitrogen and oxygen atoms in total. The van der Waals surface area contributed by atoms with Crippen LogP contribution in [0.4, 0.5) is 0 Å². The summed E-state index contributed by atoms with van der Waals surface area (Å²) in [6.07, 6.45) is 1.93. The molecular formula is C24H26N2O3. The van der Waals surface area contributed by atoms with Crippen LogP contribution in [-0.2, 0) is 11.3 Å². The predicted octanol–water partition coefficient (Wildman–Crippen LogP) is 3.99. The number of imide groups is 1. The van der Waals surface area contributed by atoms with Crippen LogP contribution >= 0.6 is 0 Å². The van der Waals surface area contributed by atoms with E-state index >= 15 is 0 Å². The van der Waals surface area contributed by atoms with Crippen molar-refractivity contribution in [2.45, 2.75) is 58.2 Å². The van der Waals surface area contributed by atoms with Crippen molar-refractivity contribution in [3.8, 4) is 0 Å². The lowest BCUT2D eigenvalue weighted by molar-refractivity contribution is -0.136. The molecule has 5 heteroatoms. The molecule has 0 saturated heterocycles. The molecule has 150 valence electrons. The van der Waals surface area contributed by atoms with E-state index in [1.54, 1.807) is 31.2 Å². The molecule has 0 bridgehead atoms. The number of benzene rings is 2. The lowest BCUT2D eigenvalue weighted by Gasteiger charge is -2.29. The van der Waals surface area contributed by atoms with Crippen LogP contribution in [0, 0.1) is 0 Å². The number of rotatable bonds is 6. The highest BCUT2D eigenvalue weighted by molar-refractivity contribution is 6.22. The first-order chi connectivity index (χ1) is 13.9. The summed E-state index contributed by atoms with van der Waals surface area (Å²) in [5.74, 6) is -0.485. The third-order valence-electron chi connectivity index (χ3n) is 5.84. The average molecular weight is 390 g/mol. The van der Waals surface area contributed by atoms with E-state index in [0.717, 1.165) is 23.3 Å². The van der Waals surface area contributed by atoms with E-state index in [-0.39, 0.29) is 23.8 Å². The van der Waals surface area contributed by atoms with Crippen molar-refractivity contribution in [3.63, 3.8) is 0 Å². The first-order valence-electron chi connectivity index (χ1n) is 10.2. The number of hydrogen-bond acceptors (Lipinski definition) is 3. The monoisotopic (exact) mass is 390 g/mol. The van der Waals surface area contributed by atoms with Gasteiger partial charge in [0, 0.05) is 12.6 Å². The van der Waals surface area contributed by atoms with Crippen LogP contribution in [-0.4, -0.2) is 39.6 Å². The molecule has 0 radical (unpaired) electrons. The third kappa shape index (κ3) is 3.57. The molecule has 1 heterocycles. The molecule has 0 N–H and O–H groups in total. The molecule has 2 aliphatic rings. The van der Waals surface area contributed by atoms with E-state index in [2.05, 4.69) is 38.1 Å². The van der Waals surface area contributed by atoms with Crippen molar-refractivity contribution in [2.24, 2.45) is 0 Å². The lowest BCUT2D eigenvalue weighted by Crippen LogP contribution is -2.49. The van der Waals surface area contributed by atoms with Gasteiger partial charge in [-0.1, -0.05) is 50.2 Å². The lowest BCUT2D eigenvalue weighted by atomic mass is 10.0. The number of nitrogens with zero attached hydrogens (tertiary/aromatic N) is 2. The Labute approximate surface area is 171 Å². The first-order valence-corrected chi connectivity index (χ1v) is 10.2. The number of amides is 3. The van der Waals surface area contributed by atoms with E-state index in [1.807, 2.05) is 4.90 Å². The number of carbonyl (C=O) groups excluding carboxylic acids is 3. The quantitative estimate of drug-likeness (QED) is 0.701. The van der Waals surface area contributed by atoms with Crippen LogP contribution in [0.15, 0.2) is 48.5 Å². The standard InChI is InChI=1S/C24H26N2O3/c1-15(2)18-10-8-17(9-11-18)14-25(19-12-13-19)22(27)16(3)26-23(28)20-6-4-5-7-21(20)24(26)29/h4-11,15-16,19H,12-14H2,1-3H3. The SMILES string of the molecule is CC(C)c1ccc(CN(C(=O)C(C)N2C(=O)c3ccccc3C2=O)C2CC2)cc1. The van der Waals surface area contributed by atoms with Crippen molar-refractivity contribution >= 4 is 17.7 Å². The summed E-state index contributed by atoms with van der Waals surface area (Å²) in [4.78, 5) is 41.8. The van der Waals surface area contributed by atoms with Crippen molar-refractivity contribution in [2.75, 3.05) is 0 Å². The fourth-order valence-corrected chi connectivity index (χ4v) is 3.89. The van der Waals surface area contributed by atoms with Crippen LogP contribution < -0.4 is 0 Å². The van der Waals surface area contributed by atoms with Crippen molar-refractivity contribution < 1.29 is 14.4 Å². The van der Waals surface area contributed by atoms with Gasteiger partial charge in [0.2, 0.25) is 5.91 Å². The molecule has 1 atom stereocenters. The van der Waals surface area contributed by atoms with E-state index in [4.69, 9.17) is 0 Å². The Balaban J connectivity index is 1.53. The van der Waals surface area contributed by atoms with Gasteiger partial charge >= 0.3 is 0 Å². The van der Waals surface area contributed by atoms with Gasteiger partial charge in [0.1, 0.15) is 6.04 Å². The average Bonchev–Trinajstić information content (AvgIpc) is 3.53. The van der Waals surface area contributed by atoms with Crippen LogP contribution in [0.1, 0.15) is 71.4 Å². The molecule has 1 fully saturated rings. The van der Waals surface area contributed by atoms with Gasteiger partial charge in [-0.25, -0.2) is 0 Å². The molecule has 2 aromatic carbocycles. The van der Waals surface area contributed by atoms with Gasteiger partial charge in [0.15, 0.2) is 0 Å². The molecular weight excluding hydrogens is 364 g/mol. The maximum Gasteiger partial charge on any atom is 0.262 e. The molecule has 29 heavy (non-hydrogen) atoms. The normalized spacial score (nSPS) is 16.9. The van der Waals surface area contributed by atoms with Crippen molar-refractivity contribution in [1.82, 2.24) is 9.80 Å². The number of fused-ring (bicyclic) bond motifs is 1. The maximum atomic E-state index is 13.3. The van der Waals surface area contributed by atoms with Gasteiger partial charge in [-0.15, -0.1) is 0 Å². The van der Waals surface area contributed by atoms with Crippen LogP contribution in [0.25, 0.3) is 0 Å². The van der Waals surface area contributed by atoms with Gasteiger partial charge < -0.3 is 4.90 Å². The van der Waals surface area contributed by atoms with Gasteiger partial charge in [0.25, 0.3) is 11.8 Å². The fraction of sp³-hybridized carbons (Fsp3) is 0.375. The largest absolute Gasteiger partial charge is 0.334 e. The summed E-state index contributed by atoms with van der Waals surface area (Å²) < 4.78 is 0. The Hall–Kier alpha value is -2.95. The molecule has 3 amide bonds. The molecule has 4 rings (SSSR count). The van der Waals surface area contributed by atoms with Crippen LogP contribution in [0.2, 0.25) is 0 Å². The first kappa shape index (κ1) is 19.4. The maximum absolute atomic E-state index is 13.3. The second-order valence-electron chi connectivity index (χ2n) is 8.30. The van der Waals surface area contributed by atoms with Crippen LogP contribution in [0.5, 0.6) is 0 Å². The summed E-state index contributed by atoms with van der Waals surface area (Å²) in [7, 11) is 0. The predicted molar refractivity (Wildman–Crippen MR) is 111 cm³/mol. The summed E-state index contributed by atoms with van der Waals surface area (Å²) in [6.45, 7) is 6.45.